The van der Waals surface area contributed by atoms with Crippen LogP contribution in [0, 0.1) is 0 Å². The van der Waals surface area contributed by atoms with Gasteiger partial charge < -0.3 is 10.6 Å². The lowest BCUT2D eigenvalue weighted by Crippen LogP contribution is -2.30. The number of nitrogens with zero attached hydrogens (tertiary/aromatic N) is 4. The van der Waals surface area contributed by atoms with E-state index in [0.29, 0.717) is 12.5 Å². The van der Waals surface area contributed by atoms with E-state index >= 15 is 0 Å². The molecule has 0 spiro atoms. The van der Waals surface area contributed by atoms with E-state index in [1.807, 2.05) is 30.7 Å². The van der Waals surface area contributed by atoms with Crippen molar-refractivity contribution in [2.45, 2.75) is 32.2 Å². The molecule has 0 unspecified atom stereocenters. The second-order valence-corrected chi connectivity index (χ2v) is 4.77. The van der Waals surface area contributed by atoms with Gasteiger partial charge in [-0.1, -0.05) is 0 Å². The van der Waals surface area contributed by atoms with E-state index in [-0.39, 0.29) is 24.0 Å². The molecule has 0 saturated carbocycles. The molecule has 0 atom stereocenters. The fourth-order valence-corrected chi connectivity index (χ4v) is 2.24. The van der Waals surface area contributed by atoms with Crippen molar-refractivity contribution in [1.29, 1.82) is 0 Å². The summed E-state index contributed by atoms with van der Waals surface area (Å²) in [4.78, 5) is 6.22. The first-order valence-electron chi connectivity index (χ1n) is 6.10. The maximum absolute atomic E-state index is 5.81. The predicted octanol–water partition coefficient (Wildman–Crippen LogP) is 1.29. The first-order valence-corrected chi connectivity index (χ1v) is 6.10. The van der Waals surface area contributed by atoms with Crippen molar-refractivity contribution in [2.75, 3.05) is 14.1 Å². The molecule has 0 saturated heterocycles. The minimum Gasteiger partial charge on any atom is -0.370 e. The Bertz CT molecular complexity index is 436. The summed E-state index contributed by atoms with van der Waals surface area (Å²) in [6.07, 6.45) is 4.76. The fourth-order valence-electron chi connectivity index (χ4n) is 2.24. The molecule has 0 amide bonds. The molecule has 1 aromatic rings. The lowest BCUT2D eigenvalue weighted by molar-refractivity contribution is 0.605. The molecule has 0 bridgehead atoms. The smallest absolute Gasteiger partial charge is 0.191 e. The lowest BCUT2D eigenvalue weighted by Gasteiger charge is -2.12. The molecule has 1 heterocycles. The van der Waals surface area contributed by atoms with Crippen molar-refractivity contribution in [1.82, 2.24) is 14.7 Å². The van der Waals surface area contributed by atoms with Crippen LogP contribution in [-0.4, -0.2) is 34.7 Å². The normalized spacial score (nSPS) is 14.9. The van der Waals surface area contributed by atoms with Crippen LogP contribution in [0.4, 0.5) is 0 Å². The third-order valence-electron chi connectivity index (χ3n) is 3.30. The summed E-state index contributed by atoms with van der Waals surface area (Å²) in [5.74, 6) is 0.566. The summed E-state index contributed by atoms with van der Waals surface area (Å²) in [5.41, 5.74) is 9.67. The van der Waals surface area contributed by atoms with Crippen LogP contribution in [0.15, 0.2) is 4.99 Å². The van der Waals surface area contributed by atoms with E-state index in [0.717, 1.165) is 12.8 Å². The summed E-state index contributed by atoms with van der Waals surface area (Å²) in [7, 11) is 5.80. The highest BCUT2D eigenvalue weighted by Crippen LogP contribution is 2.23. The Kier molecular flexibility index (Phi) is 5.43. The Balaban J connectivity index is 0.00000162. The van der Waals surface area contributed by atoms with Gasteiger partial charge in [0.2, 0.25) is 0 Å². The second-order valence-electron chi connectivity index (χ2n) is 4.77. The van der Waals surface area contributed by atoms with Gasteiger partial charge in [-0.3, -0.25) is 4.68 Å². The number of nitrogens with two attached hydrogens (primary N) is 1. The minimum atomic E-state index is 0. The average Bonchev–Trinajstić information content (AvgIpc) is 2.61. The molecule has 1 aliphatic carbocycles. The maximum atomic E-state index is 5.81. The Labute approximate surface area is 125 Å². The number of aryl methyl sites for hydroxylation is 2. The van der Waals surface area contributed by atoms with Crippen LogP contribution in [0.3, 0.4) is 0 Å². The molecule has 0 radical (unpaired) electrons. The third kappa shape index (κ3) is 3.15. The number of hydrogen-bond donors (Lipinski definition) is 1. The van der Waals surface area contributed by atoms with Crippen molar-refractivity contribution < 1.29 is 0 Å². The summed E-state index contributed by atoms with van der Waals surface area (Å²) in [6.45, 7) is 0.628. The van der Waals surface area contributed by atoms with Gasteiger partial charge in [-0.15, -0.1) is 24.0 Å². The standard InChI is InChI=1S/C12H21N5.HI/c1-16(2)12(13)14-8-11-9-6-4-5-7-10(9)15-17(11)3;/h4-8H2,1-3H3,(H2,13,14);1H. The summed E-state index contributed by atoms with van der Waals surface area (Å²) >= 11 is 0. The zero-order chi connectivity index (χ0) is 12.4. The molecule has 0 aliphatic heterocycles. The number of aromatic nitrogens is 2. The number of halogens is 1. The van der Waals surface area contributed by atoms with Crippen LogP contribution >= 0.6 is 24.0 Å². The molecule has 102 valence electrons. The van der Waals surface area contributed by atoms with Gasteiger partial charge in [0.25, 0.3) is 0 Å². The molecule has 0 fully saturated rings. The Morgan fingerprint density at radius 2 is 2.06 bits per heavy atom. The molecule has 1 aromatic heterocycles. The molecule has 5 nitrogen and oxygen atoms in total. The van der Waals surface area contributed by atoms with E-state index < -0.39 is 0 Å². The number of fused-ring (bicyclic) bond motifs is 1. The first kappa shape index (κ1) is 15.3. The zero-order valence-corrected chi connectivity index (χ0v) is 13.6. The van der Waals surface area contributed by atoms with Gasteiger partial charge in [0.15, 0.2) is 5.96 Å². The quantitative estimate of drug-likeness (QED) is 0.490. The van der Waals surface area contributed by atoms with Gasteiger partial charge in [-0.05, 0) is 31.2 Å². The lowest BCUT2D eigenvalue weighted by atomic mass is 9.96. The van der Waals surface area contributed by atoms with E-state index in [1.165, 1.54) is 29.8 Å². The van der Waals surface area contributed by atoms with Crippen LogP contribution in [0.25, 0.3) is 0 Å². The molecule has 0 aromatic carbocycles. The van der Waals surface area contributed by atoms with Gasteiger partial charge in [0, 0.05) is 21.1 Å². The summed E-state index contributed by atoms with van der Waals surface area (Å²) < 4.78 is 1.96. The minimum absolute atomic E-state index is 0. The molecule has 6 heteroatoms. The fraction of sp³-hybridized carbons (Fsp3) is 0.667. The van der Waals surface area contributed by atoms with Crippen molar-refractivity contribution in [3.8, 4) is 0 Å². The molecular formula is C12H22IN5. The number of rotatable bonds is 2. The van der Waals surface area contributed by atoms with E-state index in [2.05, 4.69) is 10.1 Å². The first-order chi connectivity index (χ1) is 8.09. The topological polar surface area (TPSA) is 59.4 Å². The highest BCUT2D eigenvalue weighted by atomic mass is 127. The van der Waals surface area contributed by atoms with E-state index in [4.69, 9.17) is 5.73 Å². The summed E-state index contributed by atoms with van der Waals surface area (Å²) in [5, 5.41) is 4.57. The Hall–Kier alpha value is -0.790. The van der Waals surface area contributed by atoms with Crippen molar-refractivity contribution in [2.24, 2.45) is 17.8 Å². The van der Waals surface area contributed by atoms with Gasteiger partial charge >= 0.3 is 0 Å². The van der Waals surface area contributed by atoms with Gasteiger partial charge in [-0.2, -0.15) is 5.10 Å². The van der Waals surface area contributed by atoms with Gasteiger partial charge in [0.05, 0.1) is 17.9 Å². The highest BCUT2D eigenvalue weighted by Gasteiger charge is 2.18. The molecule has 2 N–H and O–H groups in total. The molecule has 18 heavy (non-hydrogen) atoms. The number of aliphatic imine (C=N–C) groups is 1. The largest absolute Gasteiger partial charge is 0.370 e. The van der Waals surface area contributed by atoms with Crippen molar-refractivity contribution in [3.63, 3.8) is 0 Å². The molecule has 2 rings (SSSR count). The average molecular weight is 363 g/mol. The van der Waals surface area contributed by atoms with Crippen molar-refractivity contribution >= 4 is 29.9 Å². The van der Waals surface area contributed by atoms with Crippen LogP contribution in [0.5, 0.6) is 0 Å². The van der Waals surface area contributed by atoms with Crippen LogP contribution < -0.4 is 5.73 Å². The van der Waals surface area contributed by atoms with E-state index in [9.17, 15) is 0 Å². The highest BCUT2D eigenvalue weighted by molar-refractivity contribution is 14.0. The summed E-state index contributed by atoms with van der Waals surface area (Å²) in [6, 6.07) is 0. The number of guanidine groups is 1. The second kappa shape index (κ2) is 6.40. The molecule has 1 aliphatic rings. The monoisotopic (exact) mass is 363 g/mol. The zero-order valence-electron chi connectivity index (χ0n) is 11.3. The van der Waals surface area contributed by atoms with Crippen LogP contribution in [0.2, 0.25) is 0 Å². The third-order valence-corrected chi connectivity index (χ3v) is 3.30. The Morgan fingerprint density at radius 1 is 1.39 bits per heavy atom. The van der Waals surface area contributed by atoms with Crippen LogP contribution in [0.1, 0.15) is 29.8 Å². The molecular weight excluding hydrogens is 341 g/mol. The van der Waals surface area contributed by atoms with Gasteiger partial charge in [-0.25, -0.2) is 4.99 Å². The van der Waals surface area contributed by atoms with Gasteiger partial charge in [0.1, 0.15) is 0 Å². The van der Waals surface area contributed by atoms with Crippen LogP contribution in [-0.2, 0) is 26.4 Å². The predicted molar refractivity (Wildman–Crippen MR) is 84.3 cm³/mol. The SMILES string of the molecule is CN(C)C(N)=NCc1c2c(nn1C)CCCC2.I. The number of hydrogen-bond acceptors (Lipinski definition) is 2. The maximum Gasteiger partial charge on any atom is 0.191 e. The van der Waals surface area contributed by atoms with E-state index in [1.54, 1.807) is 0 Å². The Morgan fingerprint density at radius 3 is 2.72 bits per heavy atom. The van der Waals surface area contributed by atoms with Crippen molar-refractivity contribution in [3.05, 3.63) is 17.0 Å².